The van der Waals surface area contributed by atoms with Crippen LogP contribution in [0.15, 0.2) is 9.85 Å². The standard InChI is InChI=1S/C12H18BrNO2S2/c1-18(15,16)7-3-6-14-10-4-2-5-11-9(10)8-12(13)17-11/h8,10,14H,2-7H2,1H3. The van der Waals surface area contributed by atoms with E-state index >= 15 is 0 Å². The van der Waals surface area contributed by atoms with Crippen LogP contribution in [0.3, 0.4) is 0 Å². The van der Waals surface area contributed by atoms with Gasteiger partial charge in [0.05, 0.1) is 9.54 Å². The Kier molecular flexibility index (Phi) is 4.86. The molecule has 1 N–H and O–H groups in total. The van der Waals surface area contributed by atoms with Gasteiger partial charge in [0.1, 0.15) is 9.84 Å². The molecule has 1 aromatic heterocycles. The molecule has 18 heavy (non-hydrogen) atoms. The molecule has 0 aliphatic heterocycles. The van der Waals surface area contributed by atoms with Crippen molar-refractivity contribution < 1.29 is 8.42 Å². The zero-order valence-corrected chi connectivity index (χ0v) is 13.6. The number of nitrogens with one attached hydrogen (secondary N) is 1. The molecule has 1 unspecified atom stereocenters. The number of halogens is 1. The van der Waals surface area contributed by atoms with Crippen molar-refractivity contribution in [2.75, 3.05) is 18.6 Å². The molecular weight excluding hydrogens is 334 g/mol. The number of hydrogen-bond donors (Lipinski definition) is 1. The Labute approximate surface area is 121 Å². The molecule has 0 aromatic carbocycles. The van der Waals surface area contributed by atoms with Gasteiger partial charge in [0.25, 0.3) is 0 Å². The van der Waals surface area contributed by atoms with Crippen LogP contribution in [0.1, 0.15) is 35.7 Å². The predicted molar refractivity (Wildman–Crippen MR) is 80.0 cm³/mol. The highest BCUT2D eigenvalue weighted by atomic mass is 79.9. The van der Waals surface area contributed by atoms with Gasteiger partial charge in [-0.05, 0) is 59.8 Å². The number of rotatable bonds is 5. The van der Waals surface area contributed by atoms with Crippen molar-refractivity contribution >= 4 is 37.1 Å². The summed E-state index contributed by atoms with van der Waals surface area (Å²) in [6.45, 7) is 0.768. The Balaban J connectivity index is 1.87. The van der Waals surface area contributed by atoms with Crippen LogP contribution < -0.4 is 5.32 Å². The lowest BCUT2D eigenvalue weighted by Gasteiger charge is -2.23. The van der Waals surface area contributed by atoms with E-state index in [-0.39, 0.29) is 5.75 Å². The van der Waals surface area contributed by atoms with E-state index in [1.807, 2.05) is 11.3 Å². The predicted octanol–water partition coefficient (Wildman–Crippen LogP) is 2.91. The van der Waals surface area contributed by atoms with E-state index in [0.29, 0.717) is 12.5 Å². The Bertz CT molecular complexity index is 510. The molecule has 0 bridgehead atoms. The number of hydrogen-bond acceptors (Lipinski definition) is 4. The third kappa shape index (κ3) is 4.05. The largest absolute Gasteiger partial charge is 0.310 e. The summed E-state index contributed by atoms with van der Waals surface area (Å²) < 4.78 is 23.3. The highest BCUT2D eigenvalue weighted by molar-refractivity contribution is 9.11. The number of fused-ring (bicyclic) bond motifs is 1. The van der Waals surface area contributed by atoms with Crippen molar-refractivity contribution in [2.45, 2.75) is 31.7 Å². The molecular formula is C12H18BrNO2S2. The van der Waals surface area contributed by atoms with Crippen LogP contribution >= 0.6 is 27.3 Å². The molecule has 1 aliphatic carbocycles. The topological polar surface area (TPSA) is 46.2 Å². The van der Waals surface area contributed by atoms with E-state index in [0.717, 1.165) is 13.0 Å². The monoisotopic (exact) mass is 351 g/mol. The summed E-state index contributed by atoms with van der Waals surface area (Å²) in [6.07, 6.45) is 5.52. The van der Waals surface area contributed by atoms with Crippen LogP contribution in [0.4, 0.5) is 0 Å². The minimum Gasteiger partial charge on any atom is -0.310 e. The first-order valence-corrected chi connectivity index (χ1v) is 9.82. The Morgan fingerprint density at radius 1 is 1.56 bits per heavy atom. The van der Waals surface area contributed by atoms with Crippen LogP contribution in [-0.2, 0) is 16.3 Å². The zero-order valence-electron chi connectivity index (χ0n) is 10.4. The average Bonchev–Trinajstić information content (AvgIpc) is 2.64. The van der Waals surface area contributed by atoms with Crippen LogP contribution in [-0.4, -0.2) is 27.0 Å². The fourth-order valence-electron chi connectivity index (χ4n) is 2.34. The normalized spacial score (nSPS) is 19.8. The summed E-state index contributed by atoms with van der Waals surface area (Å²) in [5, 5.41) is 3.49. The van der Waals surface area contributed by atoms with Crippen molar-refractivity contribution in [3.63, 3.8) is 0 Å². The second-order valence-electron chi connectivity index (χ2n) is 4.81. The summed E-state index contributed by atoms with van der Waals surface area (Å²) in [4.78, 5) is 1.47. The fourth-order valence-corrected chi connectivity index (χ4v) is 4.83. The van der Waals surface area contributed by atoms with Gasteiger partial charge in [0, 0.05) is 17.2 Å². The van der Waals surface area contributed by atoms with Crippen molar-refractivity contribution in [2.24, 2.45) is 0 Å². The lowest BCUT2D eigenvalue weighted by molar-refractivity contribution is 0.464. The van der Waals surface area contributed by atoms with E-state index in [2.05, 4.69) is 27.3 Å². The van der Waals surface area contributed by atoms with Crippen LogP contribution in [0.25, 0.3) is 0 Å². The van der Waals surface area contributed by atoms with Gasteiger partial charge in [0.15, 0.2) is 0 Å². The van der Waals surface area contributed by atoms with Gasteiger partial charge in [-0.1, -0.05) is 0 Å². The molecule has 1 aliphatic rings. The Hall–Kier alpha value is 0.0900. The highest BCUT2D eigenvalue weighted by Gasteiger charge is 2.21. The molecule has 6 heteroatoms. The van der Waals surface area contributed by atoms with Crippen molar-refractivity contribution in [3.05, 3.63) is 20.3 Å². The maximum atomic E-state index is 11.1. The molecule has 0 radical (unpaired) electrons. The molecule has 0 saturated heterocycles. The SMILES string of the molecule is CS(=O)(=O)CCCNC1CCCc2sc(Br)cc21. The third-order valence-corrected chi connectivity index (χ3v) is 5.91. The molecule has 102 valence electrons. The van der Waals surface area contributed by atoms with Gasteiger partial charge < -0.3 is 5.32 Å². The van der Waals surface area contributed by atoms with E-state index in [4.69, 9.17) is 0 Å². The number of thiophene rings is 1. The van der Waals surface area contributed by atoms with Crippen LogP contribution in [0.5, 0.6) is 0 Å². The highest BCUT2D eigenvalue weighted by Crippen LogP contribution is 2.37. The van der Waals surface area contributed by atoms with Gasteiger partial charge in [-0.2, -0.15) is 0 Å². The molecule has 1 atom stereocenters. The molecule has 2 rings (SSSR count). The van der Waals surface area contributed by atoms with Gasteiger partial charge in [-0.15, -0.1) is 11.3 Å². The summed E-state index contributed by atoms with van der Waals surface area (Å²) in [7, 11) is -2.83. The molecule has 0 saturated carbocycles. The van der Waals surface area contributed by atoms with E-state index < -0.39 is 9.84 Å². The summed E-state index contributed by atoms with van der Waals surface area (Å²) >= 11 is 5.36. The third-order valence-electron chi connectivity index (χ3n) is 3.17. The zero-order chi connectivity index (χ0) is 13.2. The maximum absolute atomic E-state index is 11.1. The molecule has 0 fully saturated rings. The van der Waals surface area contributed by atoms with Crippen LogP contribution in [0.2, 0.25) is 0 Å². The van der Waals surface area contributed by atoms with Gasteiger partial charge in [-0.3, -0.25) is 0 Å². The number of sulfone groups is 1. The first-order valence-electron chi connectivity index (χ1n) is 6.15. The summed E-state index contributed by atoms with van der Waals surface area (Å²) in [6, 6.07) is 2.60. The molecule has 3 nitrogen and oxygen atoms in total. The smallest absolute Gasteiger partial charge is 0.147 e. The van der Waals surface area contributed by atoms with Crippen molar-refractivity contribution in [3.8, 4) is 0 Å². The lowest BCUT2D eigenvalue weighted by Crippen LogP contribution is -2.26. The Morgan fingerprint density at radius 2 is 2.33 bits per heavy atom. The van der Waals surface area contributed by atoms with Gasteiger partial charge >= 0.3 is 0 Å². The minimum absolute atomic E-state index is 0.271. The molecule has 1 heterocycles. The first kappa shape index (κ1) is 14.5. The van der Waals surface area contributed by atoms with Crippen molar-refractivity contribution in [1.82, 2.24) is 5.32 Å². The Morgan fingerprint density at radius 3 is 3.06 bits per heavy atom. The quantitative estimate of drug-likeness (QED) is 0.829. The second kappa shape index (κ2) is 6.03. The van der Waals surface area contributed by atoms with E-state index in [1.165, 1.54) is 33.3 Å². The maximum Gasteiger partial charge on any atom is 0.147 e. The van der Waals surface area contributed by atoms with Crippen LogP contribution in [0, 0.1) is 0 Å². The second-order valence-corrected chi connectivity index (χ2v) is 9.59. The van der Waals surface area contributed by atoms with Gasteiger partial charge in [0.2, 0.25) is 0 Å². The summed E-state index contributed by atoms with van der Waals surface area (Å²) in [5.74, 6) is 0.271. The number of aryl methyl sites for hydroxylation is 1. The summed E-state index contributed by atoms with van der Waals surface area (Å²) in [5.41, 5.74) is 1.40. The lowest BCUT2D eigenvalue weighted by atomic mass is 9.94. The fraction of sp³-hybridized carbons (Fsp3) is 0.667. The van der Waals surface area contributed by atoms with E-state index in [1.54, 1.807) is 0 Å². The van der Waals surface area contributed by atoms with Crippen molar-refractivity contribution in [1.29, 1.82) is 0 Å². The van der Waals surface area contributed by atoms with E-state index in [9.17, 15) is 8.42 Å². The molecule has 1 aromatic rings. The molecule has 0 spiro atoms. The van der Waals surface area contributed by atoms with Gasteiger partial charge in [-0.25, -0.2) is 8.42 Å². The first-order chi connectivity index (χ1) is 8.46. The molecule has 0 amide bonds. The minimum atomic E-state index is -2.83. The average molecular weight is 352 g/mol.